The predicted octanol–water partition coefficient (Wildman–Crippen LogP) is 4.70. The Bertz CT molecular complexity index is 1190. The third-order valence-electron chi connectivity index (χ3n) is 7.09. The molecule has 6 rings (SSSR count). The van der Waals surface area contributed by atoms with Gasteiger partial charge >= 0.3 is 0 Å². The quantitative estimate of drug-likeness (QED) is 0.607. The summed E-state index contributed by atoms with van der Waals surface area (Å²) in [6.45, 7) is 7.94. The van der Waals surface area contributed by atoms with Gasteiger partial charge in [-0.05, 0) is 56.4 Å². The van der Waals surface area contributed by atoms with E-state index < -0.39 is 0 Å². The fraction of sp³-hybridized carbons (Fsp3) is 0.640. The van der Waals surface area contributed by atoms with Gasteiger partial charge in [-0.1, -0.05) is 25.9 Å². The molecule has 3 fully saturated rings. The standard InChI is InChI=1S/C25H32N6O2/c1-25(2,3)13-19-20-17(12-18(14-4-5-14)26-23(20)33-30-19)24(32)31-10-8-16(9-11-31)22-27-21(28-29-22)15-6-7-15/h12,14-16H,4-11,13H2,1-3H3,(H,27,28,29). The van der Waals surface area contributed by atoms with E-state index in [-0.39, 0.29) is 11.3 Å². The topological polar surface area (TPSA) is 101 Å². The molecule has 0 unspecified atom stereocenters. The minimum absolute atomic E-state index is 0.0357. The molecular formula is C25H32N6O2. The maximum Gasteiger partial charge on any atom is 0.259 e. The Hall–Kier alpha value is -2.77. The van der Waals surface area contributed by atoms with Crippen LogP contribution >= 0.6 is 0 Å². The van der Waals surface area contributed by atoms with E-state index in [1.54, 1.807) is 0 Å². The van der Waals surface area contributed by atoms with Crippen LogP contribution in [0.5, 0.6) is 0 Å². The molecule has 174 valence electrons. The van der Waals surface area contributed by atoms with Crippen LogP contribution in [0.4, 0.5) is 0 Å². The molecule has 0 radical (unpaired) electrons. The Morgan fingerprint density at radius 2 is 1.79 bits per heavy atom. The van der Waals surface area contributed by atoms with Gasteiger partial charge in [-0.3, -0.25) is 9.89 Å². The summed E-state index contributed by atoms with van der Waals surface area (Å²) in [6, 6.07) is 2.01. The number of likely N-dealkylation sites (tertiary alicyclic amines) is 1. The molecule has 0 bridgehead atoms. The smallest absolute Gasteiger partial charge is 0.259 e. The van der Waals surface area contributed by atoms with E-state index in [9.17, 15) is 4.79 Å². The molecule has 2 aliphatic carbocycles. The highest BCUT2D eigenvalue weighted by Gasteiger charge is 2.34. The number of fused-ring (bicyclic) bond motifs is 1. The van der Waals surface area contributed by atoms with Gasteiger partial charge < -0.3 is 9.42 Å². The minimum atomic E-state index is 0.0357. The van der Waals surface area contributed by atoms with Gasteiger partial charge in [0, 0.05) is 36.5 Å². The zero-order valence-corrected chi connectivity index (χ0v) is 19.7. The van der Waals surface area contributed by atoms with Gasteiger partial charge in [0.25, 0.3) is 11.6 Å². The number of H-pyrrole nitrogens is 1. The highest BCUT2D eigenvalue weighted by molar-refractivity contribution is 6.06. The van der Waals surface area contributed by atoms with E-state index >= 15 is 0 Å². The molecule has 0 atom stereocenters. The number of carbonyl (C=O) groups excluding carboxylic acids is 1. The molecule has 1 N–H and O–H groups in total. The van der Waals surface area contributed by atoms with Crippen molar-refractivity contribution in [3.8, 4) is 0 Å². The van der Waals surface area contributed by atoms with Gasteiger partial charge in [0.05, 0.1) is 16.6 Å². The first kappa shape index (κ1) is 20.8. The molecule has 0 spiro atoms. The molecule has 8 nitrogen and oxygen atoms in total. The largest absolute Gasteiger partial charge is 0.339 e. The second-order valence-electron chi connectivity index (χ2n) is 11.3. The van der Waals surface area contributed by atoms with E-state index in [2.05, 4.69) is 36.1 Å². The summed E-state index contributed by atoms with van der Waals surface area (Å²) in [7, 11) is 0. The van der Waals surface area contributed by atoms with Crippen molar-refractivity contribution >= 4 is 17.0 Å². The number of amides is 1. The summed E-state index contributed by atoms with van der Waals surface area (Å²) in [5, 5.41) is 12.7. The van der Waals surface area contributed by atoms with Gasteiger partial charge in [0.15, 0.2) is 5.82 Å². The number of aromatic amines is 1. The van der Waals surface area contributed by atoms with Crippen molar-refractivity contribution in [2.45, 2.75) is 83.5 Å². The van der Waals surface area contributed by atoms with Crippen molar-refractivity contribution in [1.82, 2.24) is 30.2 Å². The monoisotopic (exact) mass is 448 g/mol. The number of hydrogen-bond acceptors (Lipinski definition) is 6. The molecule has 2 saturated carbocycles. The Morgan fingerprint density at radius 3 is 2.45 bits per heavy atom. The predicted molar refractivity (Wildman–Crippen MR) is 123 cm³/mol. The van der Waals surface area contributed by atoms with Crippen molar-refractivity contribution in [2.24, 2.45) is 5.41 Å². The van der Waals surface area contributed by atoms with Crippen LogP contribution in [-0.4, -0.2) is 49.2 Å². The SMILES string of the molecule is CC(C)(C)Cc1noc2nc(C3CC3)cc(C(=O)N3CCC(c4nc(C5CC5)n[nH]4)CC3)c12. The van der Waals surface area contributed by atoms with E-state index in [1.165, 1.54) is 12.8 Å². The number of piperidine rings is 1. The first-order chi connectivity index (χ1) is 15.9. The second kappa shape index (κ2) is 7.64. The van der Waals surface area contributed by atoms with Crippen molar-refractivity contribution in [3.63, 3.8) is 0 Å². The van der Waals surface area contributed by atoms with E-state index in [4.69, 9.17) is 14.5 Å². The summed E-state index contributed by atoms with van der Waals surface area (Å²) >= 11 is 0. The molecule has 4 heterocycles. The molecule has 1 saturated heterocycles. The zero-order valence-electron chi connectivity index (χ0n) is 19.7. The number of nitrogens with one attached hydrogen (secondary N) is 1. The molecule has 3 aliphatic rings. The van der Waals surface area contributed by atoms with E-state index in [1.807, 2.05) is 11.0 Å². The van der Waals surface area contributed by atoms with Crippen molar-refractivity contribution in [3.05, 3.63) is 34.7 Å². The summed E-state index contributed by atoms with van der Waals surface area (Å²) < 4.78 is 5.64. The third kappa shape index (κ3) is 4.15. The van der Waals surface area contributed by atoms with Crippen LogP contribution in [0, 0.1) is 5.41 Å². The average molecular weight is 449 g/mol. The lowest BCUT2D eigenvalue weighted by Crippen LogP contribution is -2.38. The zero-order chi connectivity index (χ0) is 22.7. The van der Waals surface area contributed by atoms with Crippen molar-refractivity contribution < 1.29 is 9.32 Å². The van der Waals surface area contributed by atoms with Gasteiger partial charge in [0.2, 0.25) is 0 Å². The maximum absolute atomic E-state index is 13.8. The normalized spacial score (nSPS) is 20.0. The van der Waals surface area contributed by atoms with E-state index in [0.717, 1.165) is 60.5 Å². The van der Waals surface area contributed by atoms with Crippen LogP contribution in [0.25, 0.3) is 11.1 Å². The van der Waals surface area contributed by atoms with Crippen LogP contribution in [0.3, 0.4) is 0 Å². The van der Waals surface area contributed by atoms with Crippen LogP contribution in [-0.2, 0) is 6.42 Å². The second-order valence-corrected chi connectivity index (χ2v) is 11.3. The summed E-state index contributed by atoms with van der Waals surface area (Å²) in [6.07, 6.45) is 7.18. The van der Waals surface area contributed by atoms with Crippen LogP contribution < -0.4 is 0 Å². The average Bonchev–Trinajstić information content (AvgIpc) is 3.73. The number of aromatic nitrogens is 5. The number of hydrogen-bond donors (Lipinski definition) is 1. The summed E-state index contributed by atoms with van der Waals surface area (Å²) in [5.74, 6) is 3.34. The van der Waals surface area contributed by atoms with Crippen LogP contribution in [0.1, 0.15) is 110 Å². The Labute approximate surface area is 193 Å². The first-order valence-electron chi connectivity index (χ1n) is 12.4. The van der Waals surface area contributed by atoms with E-state index in [0.29, 0.717) is 42.1 Å². The molecule has 0 aromatic carbocycles. The Balaban J connectivity index is 1.25. The van der Waals surface area contributed by atoms with Crippen molar-refractivity contribution in [1.29, 1.82) is 0 Å². The molecule has 3 aromatic heterocycles. The highest BCUT2D eigenvalue weighted by atomic mass is 16.5. The summed E-state index contributed by atoms with van der Waals surface area (Å²) in [4.78, 5) is 25.2. The van der Waals surface area contributed by atoms with Gasteiger partial charge in [-0.2, -0.15) is 5.10 Å². The minimum Gasteiger partial charge on any atom is -0.339 e. The number of carbonyl (C=O) groups is 1. The third-order valence-corrected chi connectivity index (χ3v) is 7.09. The fourth-order valence-electron chi connectivity index (χ4n) is 4.93. The first-order valence-corrected chi connectivity index (χ1v) is 12.4. The van der Waals surface area contributed by atoms with Crippen LogP contribution in [0.15, 0.2) is 10.6 Å². The Kier molecular flexibility index (Phi) is 4.82. The van der Waals surface area contributed by atoms with Crippen molar-refractivity contribution in [2.75, 3.05) is 13.1 Å². The molecule has 33 heavy (non-hydrogen) atoms. The Morgan fingerprint density at radius 1 is 1.06 bits per heavy atom. The molecule has 1 aliphatic heterocycles. The van der Waals surface area contributed by atoms with Gasteiger partial charge in [-0.15, -0.1) is 0 Å². The molecule has 8 heteroatoms. The van der Waals surface area contributed by atoms with Crippen LogP contribution in [0.2, 0.25) is 0 Å². The molecule has 3 aromatic rings. The fourth-order valence-corrected chi connectivity index (χ4v) is 4.93. The summed E-state index contributed by atoms with van der Waals surface area (Å²) in [5.41, 5.74) is 3.05. The highest BCUT2D eigenvalue weighted by Crippen LogP contribution is 2.41. The number of nitrogens with zero attached hydrogens (tertiary/aromatic N) is 5. The lowest BCUT2D eigenvalue weighted by Gasteiger charge is -2.31. The lowest BCUT2D eigenvalue weighted by molar-refractivity contribution is 0.0712. The van der Waals surface area contributed by atoms with Gasteiger partial charge in [-0.25, -0.2) is 9.97 Å². The number of rotatable bonds is 5. The van der Waals surface area contributed by atoms with Gasteiger partial charge in [0.1, 0.15) is 5.82 Å². The lowest BCUT2D eigenvalue weighted by atomic mass is 9.89. The molecule has 1 amide bonds. The maximum atomic E-state index is 13.8. The molecular weight excluding hydrogens is 416 g/mol. The number of pyridine rings is 1.